The third kappa shape index (κ3) is 2.63. The van der Waals surface area contributed by atoms with Crippen molar-refractivity contribution in [2.24, 2.45) is 0 Å². The molecule has 5 heteroatoms. The lowest BCUT2D eigenvalue weighted by Crippen LogP contribution is -2.49. The minimum Gasteiger partial charge on any atom is -0.380 e. The highest BCUT2D eigenvalue weighted by atomic mass is 79.9. The van der Waals surface area contributed by atoms with Gasteiger partial charge in [-0.2, -0.15) is 0 Å². The van der Waals surface area contributed by atoms with Crippen LogP contribution in [0.4, 0.5) is 14.5 Å². The van der Waals surface area contributed by atoms with Crippen molar-refractivity contribution in [1.29, 1.82) is 0 Å². The lowest BCUT2D eigenvalue weighted by atomic mass is 9.74. The minimum absolute atomic E-state index is 0.000299. The van der Waals surface area contributed by atoms with Gasteiger partial charge in [0.25, 0.3) is 0 Å². The monoisotopic (exact) mass is 331 g/mol. The second-order valence-electron chi connectivity index (χ2n) is 5.47. The maximum absolute atomic E-state index is 13.8. The van der Waals surface area contributed by atoms with Crippen molar-refractivity contribution in [2.75, 3.05) is 11.9 Å². The summed E-state index contributed by atoms with van der Waals surface area (Å²) in [5.41, 5.74) is 0.238. The van der Waals surface area contributed by atoms with Crippen LogP contribution in [0.2, 0.25) is 0 Å². The van der Waals surface area contributed by atoms with E-state index in [1.807, 2.05) is 0 Å². The fourth-order valence-electron chi connectivity index (χ4n) is 2.92. The van der Waals surface area contributed by atoms with Crippen molar-refractivity contribution in [3.63, 3.8) is 0 Å². The van der Waals surface area contributed by atoms with Crippen molar-refractivity contribution in [3.8, 4) is 0 Å². The second-order valence-corrected chi connectivity index (χ2v) is 6.32. The molecule has 2 aliphatic rings. The summed E-state index contributed by atoms with van der Waals surface area (Å²) in [4.78, 5) is 0. The van der Waals surface area contributed by atoms with Crippen molar-refractivity contribution in [2.45, 2.75) is 43.7 Å². The van der Waals surface area contributed by atoms with E-state index < -0.39 is 11.6 Å². The normalized spacial score (nSPS) is 25.1. The quantitative estimate of drug-likeness (QED) is 0.818. The van der Waals surface area contributed by atoms with Gasteiger partial charge in [0.2, 0.25) is 0 Å². The van der Waals surface area contributed by atoms with E-state index in [-0.39, 0.29) is 21.8 Å². The van der Waals surface area contributed by atoms with Gasteiger partial charge in [-0.15, -0.1) is 0 Å². The summed E-state index contributed by atoms with van der Waals surface area (Å²) < 4.78 is 33.2. The van der Waals surface area contributed by atoms with Crippen molar-refractivity contribution >= 4 is 21.6 Å². The van der Waals surface area contributed by atoms with Gasteiger partial charge in [-0.05, 0) is 54.1 Å². The van der Waals surface area contributed by atoms with Crippen LogP contribution >= 0.6 is 15.9 Å². The Morgan fingerprint density at radius 3 is 2.74 bits per heavy atom. The molecule has 1 atom stereocenters. The highest BCUT2D eigenvalue weighted by Crippen LogP contribution is 2.43. The molecule has 1 saturated heterocycles. The highest BCUT2D eigenvalue weighted by Gasteiger charge is 2.42. The van der Waals surface area contributed by atoms with Crippen LogP contribution in [0.25, 0.3) is 0 Å². The highest BCUT2D eigenvalue weighted by molar-refractivity contribution is 9.10. The van der Waals surface area contributed by atoms with E-state index in [0.717, 1.165) is 31.7 Å². The molecule has 1 aromatic rings. The van der Waals surface area contributed by atoms with Gasteiger partial charge >= 0.3 is 0 Å². The molecule has 0 aromatic heterocycles. The van der Waals surface area contributed by atoms with E-state index in [9.17, 15) is 8.78 Å². The van der Waals surface area contributed by atoms with Crippen LogP contribution in [-0.4, -0.2) is 18.2 Å². The molecule has 1 heterocycles. The van der Waals surface area contributed by atoms with Crippen LogP contribution < -0.4 is 5.32 Å². The van der Waals surface area contributed by atoms with E-state index in [0.29, 0.717) is 6.61 Å². The number of nitrogens with one attached hydrogen (secondary N) is 1. The predicted octanol–water partition coefficient (Wildman–Crippen LogP) is 4.24. The minimum atomic E-state index is -0.450. The van der Waals surface area contributed by atoms with E-state index >= 15 is 0 Å². The molecule has 0 amide bonds. The van der Waals surface area contributed by atoms with Crippen LogP contribution in [0.5, 0.6) is 0 Å². The Labute approximate surface area is 119 Å². The molecule has 3 rings (SSSR count). The van der Waals surface area contributed by atoms with E-state index in [1.165, 1.54) is 12.5 Å². The first-order valence-electron chi connectivity index (χ1n) is 6.63. The number of halogens is 3. The summed E-state index contributed by atoms with van der Waals surface area (Å²) in [6.45, 7) is 0.693. The summed E-state index contributed by atoms with van der Waals surface area (Å²) in [5.74, 6) is -0.878. The number of rotatable bonds is 2. The second kappa shape index (κ2) is 5.02. The SMILES string of the molecule is Fc1cc(NC2CCOC3(CCC3)C2)c(F)cc1Br. The fourth-order valence-corrected chi connectivity index (χ4v) is 3.24. The summed E-state index contributed by atoms with van der Waals surface area (Å²) in [7, 11) is 0. The van der Waals surface area contributed by atoms with Crippen LogP contribution in [0.15, 0.2) is 16.6 Å². The molecule has 1 aliphatic heterocycles. The molecule has 2 fully saturated rings. The molecule has 1 saturated carbocycles. The molecular weight excluding hydrogens is 316 g/mol. The third-order valence-electron chi connectivity index (χ3n) is 4.13. The number of ether oxygens (including phenoxy) is 1. The molecule has 1 aromatic carbocycles. The average Bonchev–Trinajstić information content (AvgIpc) is 2.34. The molecule has 0 radical (unpaired) electrons. The van der Waals surface area contributed by atoms with E-state index in [4.69, 9.17) is 4.74 Å². The maximum atomic E-state index is 13.8. The predicted molar refractivity (Wildman–Crippen MR) is 73.2 cm³/mol. The summed E-state index contributed by atoms with van der Waals surface area (Å²) in [6, 6.07) is 2.53. The van der Waals surface area contributed by atoms with Crippen LogP contribution in [-0.2, 0) is 4.74 Å². The zero-order valence-electron chi connectivity index (χ0n) is 10.5. The number of anilines is 1. The van der Waals surface area contributed by atoms with Gasteiger partial charge in [-0.3, -0.25) is 0 Å². The lowest BCUT2D eigenvalue weighted by molar-refractivity contribution is -0.130. The Morgan fingerprint density at radius 1 is 1.26 bits per heavy atom. The van der Waals surface area contributed by atoms with Gasteiger partial charge < -0.3 is 10.1 Å². The molecule has 104 valence electrons. The molecule has 0 bridgehead atoms. The zero-order valence-corrected chi connectivity index (χ0v) is 12.1. The van der Waals surface area contributed by atoms with Crippen molar-refractivity contribution in [1.82, 2.24) is 0 Å². The zero-order chi connectivity index (χ0) is 13.5. The summed E-state index contributed by atoms with van der Waals surface area (Å²) in [5, 5.41) is 3.12. The van der Waals surface area contributed by atoms with Crippen molar-refractivity contribution in [3.05, 3.63) is 28.2 Å². The Morgan fingerprint density at radius 2 is 2.05 bits per heavy atom. The first-order chi connectivity index (χ1) is 9.08. The molecule has 19 heavy (non-hydrogen) atoms. The van der Waals surface area contributed by atoms with Gasteiger partial charge in [0.1, 0.15) is 11.6 Å². The standard InChI is InChI=1S/C14H16BrF2NO/c15-10-6-12(17)13(7-11(10)16)18-9-2-5-19-14(8-9)3-1-4-14/h6-7,9,18H,1-5,8H2. The van der Waals surface area contributed by atoms with Gasteiger partial charge in [0, 0.05) is 18.7 Å². The Kier molecular flexibility index (Phi) is 3.52. The number of hydrogen-bond acceptors (Lipinski definition) is 2. The van der Waals surface area contributed by atoms with Gasteiger partial charge in [0.15, 0.2) is 0 Å². The Bertz CT molecular complexity index is 491. The molecule has 1 unspecified atom stereocenters. The van der Waals surface area contributed by atoms with Gasteiger partial charge in [-0.25, -0.2) is 8.78 Å². The van der Waals surface area contributed by atoms with Crippen LogP contribution in [0.1, 0.15) is 32.1 Å². The Hall–Kier alpha value is -0.680. The first-order valence-corrected chi connectivity index (χ1v) is 7.42. The van der Waals surface area contributed by atoms with Gasteiger partial charge in [0.05, 0.1) is 15.8 Å². The van der Waals surface area contributed by atoms with Crippen LogP contribution in [0, 0.1) is 11.6 Å². The smallest absolute Gasteiger partial charge is 0.147 e. The number of hydrogen-bond donors (Lipinski definition) is 1. The molecule has 1 spiro atoms. The maximum Gasteiger partial charge on any atom is 0.147 e. The molecular formula is C14H16BrF2NO. The van der Waals surface area contributed by atoms with E-state index in [2.05, 4.69) is 21.2 Å². The summed E-state index contributed by atoms with van der Waals surface area (Å²) in [6.07, 6.45) is 5.09. The van der Waals surface area contributed by atoms with Crippen LogP contribution in [0.3, 0.4) is 0 Å². The first kappa shape index (κ1) is 13.3. The molecule has 2 nitrogen and oxygen atoms in total. The summed E-state index contributed by atoms with van der Waals surface area (Å²) >= 11 is 2.98. The van der Waals surface area contributed by atoms with Crippen molar-refractivity contribution < 1.29 is 13.5 Å². The lowest BCUT2D eigenvalue weighted by Gasteiger charge is -2.47. The third-order valence-corrected chi connectivity index (χ3v) is 4.74. The fraction of sp³-hybridized carbons (Fsp3) is 0.571. The molecule has 1 aliphatic carbocycles. The largest absolute Gasteiger partial charge is 0.380 e. The number of benzene rings is 1. The Balaban J connectivity index is 1.72. The molecule has 1 N–H and O–H groups in total. The van der Waals surface area contributed by atoms with Gasteiger partial charge in [-0.1, -0.05) is 0 Å². The average molecular weight is 332 g/mol. The topological polar surface area (TPSA) is 21.3 Å². The van der Waals surface area contributed by atoms with E-state index in [1.54, 1.807) is 0 Å².